The Labute approximate surface area is 147 Å². The van der Waals surface area contributed by atoms with Gasteiger partial charge in [-0.1, -0.05) is 17.7 Å². The Morgan fingerprint density at radius 3 is 2.88 bits per heavy atom. The summed E-state index contributed by atoms with van der Waals surface area (Å²) in [5.74, 6) is 0.960. The van der Waals surface area contributed by atoms with Crippen LogP contribution in [0.15, 0.2) is 24.3 Å². The number of hydrogen-bond acceptors (Lipinski definition) is 5. The molecule has 1 aromatic carbocycles. The molecule has 0 saturated carbocycles. The molecule has 1 aromatic heterocycles. The molecule has 0 bridgehead atoms. The summed E-state index contributed by atoms with van der Waals surface area (Å²) in [7, 11) is 0. The van der Waals surface area contributed by atoms with Crippen molar-refractivity contribution in [3.8, 4) is 0 Å². The average Bonchev–Trinajstić information content (AvgIpc) is 2.93. The summed E-state index contributed by atoms with van der Waals surface area (Å²) < 4.78 is 4.85. The number of hydrogen-bond donors (Lipinski definition) is 3. The summed E-state index contributed by atoms with van der Waals surface area (Å²) in [6.45, 7) is 6.33. The molecule has 2 aromatic rings. The van der Waals surface area contributed by atoms with Crippen LogP contribution in [0.25, 0.3) is 0 Å². The third kappa shape index (κ3) is 3.68. The van der Waals surface area contributed by atoms with E-state index in [1.54, 1.807) is 13.0 Å². The number of ether oxygens (including phenoxy) is 1. The number of amides is 1. The molecule has 1 heterocycles. The number of aromatic nitrogens is 1. The monoisotopic (exact) mass is 340 g/mol. The predicted molar refractivity (Wildman–Crippen MR) is 99.9 cm³/mol. The van der Waals surface area contributed by atoms with E-state index in [0.717, 1.165) is 12.8 Å². The number of nitrogen functional groups attached to an aromatic ring is 1. The molecular formula is C19H24N4O2. The van der Waals surface area contributed by atoms with Crippen molar-refractivity contribution < 1.29 is 9.53 Å². The highest BCUT2D eigenvalue weighted by atomic mass is 16.5. The average molecular weight is 340 g/mol. The van der Waals surface area contributed by atoms with Crippen molar-refractivity contribution in [2.45, 2.75) is 39.7 Å². The second kappa shape index (κ2) is 7.01. The van der Waals surface area contributed by atoms with Crippen molar-refractivity contribution in [2.24, 2.45) is 0 Å². The fraction of sp³-hybridized carbons (Fsp3) is 0.368. The number of carbonyl (C=O) groups excluding carboxylic acids is 1. The van der Waals surface area contributed by atoms with Crippen LogP contribution < -0.4 is 16.4 Å². The van der Waals surface area contributed by atoms with E-state index >= 15 is 0 Å². The molecule has 6 nitrogen and oxygen atoms in total. The van der Waals surface area contributed by atoms with Crippen LogP contribution in [0.1, 0.15) is 41.6 Å². The smallest absolute Gasteiger partial charge is 0.411 e. The van der Waals surface area contributed by atoms with Crippen LogP contribution >= 0.6 is 0 Å². The largest absolute Gasteiger partial charge is 0.450 e. The molecule has 4 N–H and O–H groups in total. The Morgan fingerprint density at radius 1 is 1.36 bits per heavy atom. The highest BCUT2D eigenvalue weighted by molar-refractivity contribution is 5.88. The molecule has 6 heteroatoms. The lowest BCUT2D eigenvalue weighted by Gasteiger charge is -2.18. The fourth-order valence-corrected chi connectivity index (χ4v) is 3.48. The first-order valence-corrected chi connectivity index (χ1v) is 8.54. The van der Waals surface area contributed by atoms with Crippen LogP contribution in [0.3, 0.4) is 0 Å². The Morgan fingerprint density at radius 2 is 2.16 bits per heavy atom. The molecule has 1 aliphatic carbocycles. The molecule has 0 radical (unpaired) electrons. The third-order valence-corrected chi connectivity index (χ3v) is 4.43. The van der Waals surface area contributed by atoms with Gasteiger partial charge in [-0.3, -0.25) is 5.32 Å². The minimum absolute atomic E-state index is 0.228. The van der Waals surface area contributed by atoms with Gasteiger partial charge in [-0.05, 0) is 62.4 Å². The maximum atomic E-state index is 11.5. The van der Waals surface area contributed by atoms with Gasteiger partial charge in [-0.25, -0.2) is 9.78 Å². The van der Waals surface area contributed by atoms with Crippen molar-refractivity contribution in [3.63, 3.8) is 0 Å². The van der Waals surface area contributed by atoms with Gasteiger partial charge in [0.25, 0.3) is 0 Å². The number of pyridine rings is 1. The first-order chi connectivity index (χ1) is 12.0. The number of carbonyl (C=O) groups is 1. The van der Waals surface area contributed by atoms with Crippen LogP contribution in [0.2, 0.25) is 0 Å². The van der Waals surface area contributed by atoms with Gasteiger partial charge in [-0.15, -0.1) is 0 Å². The van der Waals surface area contributed by atoms with Gasteiger partial charge in [0.05, 0.1) is 18.3 Å². The summed E-state index contributed by atoms with van der Waals surface area (Å²) in [4.78, 5) is 15.9. The summed E-state index contributed by atoms with van der Waals surface area (Å²) in [6, 6.07) is 8.26. The number of aryl methyl sites for hydroxylation is 3. The van der Waals surface area contributed by atoms with Crippen molar-refractivity contribution in [2.75, 3.05) is 23.0 Å². The lowest BCUT2D eigenvalue weighted by atomic mass is 9.99. The molecule has 132 valence electrons. The molecule has 1 atom stereocenters. The standard InChI is InChI=1S/C19H24N4O2/c1-4-25-19(24)22-15-7-8-16(23-18(15)20)21-14-6-5-13-10-11(2)9-12(3)17(13)14/h7-10,14H,4-6H2,1-3H3,(H,22,24)(H3,20,21,23). The van der Waals surface area contributed by atoms with Gasteiger partial charge in [0.15, 0.2) is 0 Å². The molecule has 1 unspecified atom stereocenters. The highest BCUT2D eigenvalue weighted by Gasteiger charge is 2.25. The van der Waals surface area contributed by atoms with Crippen LogP contribution in [-0.2, 0) is 11.2 Å². The summed E-state index contributed by atoms with van der Waals surface area (Å²) in [6.07, 6.45) is 1.56. The van der Waals surface area contributed by atoms with E-state index in [-0.39, 0.29) is 11.9 Å². The van der Waals surface area contributed by atoms with Gasteiger partial charge in [0.2, 0.25) is 0 Å². The van der Waals surface area contributed by atoms with Gasteiger partial charge in [-0.2, -0.15) is 0 Å². The summed E-state index contributed by atoms with van der Waals surface area (Å²) >= 11 is 0. The molecule has 0 aliphatic heterocycles. The number of nitrogens with zero attached hydrogens (tertiary/aromatic N) is 1. The topological polar surface area (TPSA) is 89.3 Å². The fourth-order valence-electron chi connectivity index (χ4n) is 3.48. The maximum absolute atomic E-state index is 11.5. The molecule has 25 heavy (non-hydrogen) atoms. The Balaban J connectivity index is 1.75. The molecule has 1 amide bonds. The molecule has 3 rings (SSSR count). The molecule has 0 spiro atoms. The zero-order chi connectivity index (χ0) is 18.0. The van der Waals surface area contributed by atoms with Gasteiger partial charge >= 0.3 is 6.09 Å². The zero-order valence-corrected chi connectivity index (χ0v) is 14.8. The summed E-state index contributed by atoms with van der Waals surface area (Å²) in [5.41, 5.74) is 11.8. The van der Waals surface area contributed by atoms with Crippen molar-refractivity contribution in [3.05, 3.63) is 46.5 Å². The molecular weight excluding hydrogens is 316 g/mol. The van der Waals surface area contributed by atoms with E-state index in [1.807, 2.05) is 6.07 Å². The second-order valence-corrected chi connectivity index (χ2v) is 6.36. The SMILES string of the molecule is CCOC(=O)Nc1ccc(NC2CCc3cc(C)cc(C)c32)nc1N. The second-order valence-electron chi connectivity index (χ2n) is 6.36. The van der Waals surface area contributed by atoms with Gasteiger partial charge in [0, 0.05) is 0 Å². The number of benzene rings is 1. The van der Waals surface area contributed by atoms with E-state index in [4.69, 9.17) is 10.5 Å². The molecule has 0 fully saturated rings. The van der Waals surface area contributed by atoms with E-state index in [2.05, 4.69) is 41.6 Å². The Hall–Kier alpha value is -2.76. The number of fused-ring (bicyclic) bond motifs is 1. The first-order valence-electron chi connectivity index (χ1n) is 8.54. The lowest BCUT2D eigenvalue weighted by Crippen LogP contribution is -2.16. The van der Waals surface area contributed by atoms with E-state index < -0.39 is 6.09 Å². The molecule has 0 saturated heterocycles. The van der Waals surface area contributed by atoms with Crippen molar-refractivity contribution in [1.29, 1.82) is 0 Å². The summed E-state index contributed by atoms with van der Waals surface area (Å²) in [5, 5.41) is 6.06. The van der Waals surface area contributed by atoms with E-state index in [1.165, 1.54) is 22.3 Å². The number of nitrogens with one attached hydrogen (secondary N) is 2. The zero-order valence-electron chi connectivity index (χ0n) is 14.8. The Bertz CT molecular complexity index is 804. The van der Waals surface area contributed by atoms with Crippen LogP contribution in [0.5, 0.6) is 0 Å². The predicted octanol–water partition coefficient (Wildman–Crippen LogP) is 3.95. The number of rotatable bonds is 4. The van der Waals surface area contributed by atoms with Crippen molar-refractivity contribution in [1.82, 2.24) is 4.98 Å². The lowest BCUT2D eigenvalue weighted by molar-refractivity contribution is 0.168. The van der Waals surface area contributed by atoms with E-state index in [9.17, 15) is 4.79 Å². The minimum Gasteiger partial charge on any atom is -0.450 e. The van der Waals surface area contributed by atoms with Crippen LogP contribution in [0.4, 0.5) is 22.1 Å². The Kier molecular flexibility index (Phi) is 4.79. The van der Waals surface area contributed by atoms with E-state index in [0.29, 0.717) is 18.1 Å². The van der Waals surface area contributed by atoms with Gasteiger partial charge in [0.1, 0.15) is 11.6 Å². The minimum atomic E-state index is -0.535. The normalized spacial score (nSPS) is 15.6. The van der Waals surface area contributed by atoms with Gasteiger partial charge < -0.3 is 15.8 Å². The highest BCUT2D eigenvalue weighted by Crippen LogP contribution is 2.36. The van der Waals surface area contributed by atoms with Crippen LogP contribution in [-0.4, -0.2) is 17.7 Å². The van der Waals surface area contributed by atoms with Crippen molar-refractivity contribution >= 4 is 23.4 Å². The van der Waals surface area contributed by atoms with Crippen LogP contribution in [0, 0.1) is 13.8 Å². The number of anilines is 3. The quantitative estimate of drug-likeness (QED) is 0.784. The number of nitrogens with two attached hydrogens (primary N) is 1. The maximum Gasteiger partial charge on any atom is 0.411 e. The molecule has 1 aliphatic rings. The third-order valence-electron chi connectivity index (χ3n) is 4.43. The first kappa shape index (κ1) is 17.1.